The van der Waals surface area contributed by atoms with Crippen molar-refractivity contribution in [3.8, 4) is 6.57 Å². The minimum Gasteiger partial charge on any atom is -0.478 e. The largest absolute Gasteiger partial charge is 0.478 e. The van der Waals surface area contributed by atoms with Crippen LogP contribution in [0.5, 0.6) is 0 Å². The monoisotopic (exact) mass is 218 g/mol. The van der Waals surface area contributed by atoms with Crippen LogP contribution in [-0.4, -0.2) is 17.6 Å². The quantitative estimate of drug-likeness (QED) is 0.759. The van der Waals surface area contributed by atoms with E-state index in [-0.39, 0.29) is 0 Å². The Morgan fingerprint density at radius 2 is 2.25 bits per heavy atom. The smallest absolute Gasteiger partial charge is 0.335 e. The zero-order valence-corrected chi connectivity index (χ0v) is 9.10. The minimum atomic E-state index is -0.856. The summed E-state index contributed by atoms with van der Waals surface area (Å²) in [5.74, 6) is -0.406. The number of carbonyl (C=O) groups is 1. The molecule has 1 aromatic rings. The number of carboxylic acids is 1. The third-order valence-electron chi connectivity index (χ3n) is 2.72. The van der Waals surface area contributed by atoms with Crippen LogP contribution in [0.3, 0.4) is 0 Å². The third kappa shape index (κ3) is 2.31. The molecule has 0 amide bonds. The van der Waals surface area contributed by atoms with Crippen LogP contribution in [0.25, 0.3) is 0 Å². The predicted molar refractivity (Wildman–Crippen MR) is 61.6 cm³/mol. The van der Waals surface area contributed by atoms with E-state index in [1.54, 1.807) is 12.1 Å². The number of hydrogen-bond acceptors (Lipinski definition) is 3. The maximum Gasteiger partial charge on any atom is 0.335 e. The van der Waals surface area contributed by atoms with Crippen LogP contribution in [0.1, 0.15) is 35.2 Å². The molecule has 0 aliphatic carbocycles. The molecule has 0 spiro atoms. The maximum absolute atomic E-state index is 10.8. The zero-order valence-electron chi connectivity index (χ0n) is 9.10. The van der Waals surface area contributed by atoms with Gasteiger partial charge in [0.05, 0.1) is 5.56 Å². The average Bonchev–Trinajstić information content (AvgIpc) is 2.32. The molecule has 1 heterocycles. The normalized spacial score (nSPS) is 17.3. The van der Waals surface area contributed by atoms with Gasteiger partial charge in [-0.3, -0.25) is 0 Å². The van der Waals surface area contributed by atoms with Crippen molar-refractivity contribution in [2.75, 3.05) is 11.9 Å². The average molecular weight is 218 g/mol. The molecule has 84 valence electrons. The van der Waals surface area contributed by atoms with Crippen LogP contribution in [0, 0.1) is 11.8 Å². The summed E-state index contributed by atoms with van der Waals surface area (Å²) in [6.07, 6.45) is 1.07. The molecule has 1 aromatic carbocycles. The second kappa shape index (κ2) is 5.17. The van der Waals surface area contributed by atoms with Crippen LogP contribution in [0.2, 0.25) is 0 Å². The van der Waals surface area contributed by atoms with Crippen molar-refractivity contribution < 1.29 is 9.90 Å². The molecule has 1 atom stereocenters. The molecule has 4 nitrogen and oxygen atoms in total. The summed E-state index contributed by atoms with van der Waals surface area (Å²) >= 11 is 0. The lowest BCUT2D eigenvalue weighted by molar-refractivity contribution is 0.0697. The molecule has 0 bridgehead atoms. The van der Waals surface area contributed by atoms with Gasteiger partial charge in [-0.25, -0.2) is 10.1 Å². The summed E-state index contributed by atoms with van der Waals surface area (Å²) in [5.41, 5.74) is 2.57. The SMILES string of the molecule is C#N.CC1CCNc2ccc(C(=O)O)cc21. The molecule has 1 aliphatic rings. The fourth-order valence-electron chi connectivity index (χ4n) is 1.84. The molecular formula is C12H14N2O2. The number of anilines is 1. The van der Waals surface area contributed by atoms with Gasteiger partial charge in [0.25, 0.3) is 0 Å². The van der Waals surface area contributed by atoms with Gasteiger partial charge in [-0.15, -0.1) is 0 Å². The van der Waals surface area contributed by atoms with Gasteiger partial charge in [-0.2, -0.15) is 0 Å². The Kier molecular flexibility index (Phi) is 3.90. The van der Waals surface area contributed by atoms with Crippen LogP contribution in [0.4, 0.5) is 5.69 Å². The first kappa shape index (κ1) is 12.1. The molecular weight excluding hydrogens is 204 g/mol. The number of hydrogen-bond donors (Lipinski definition) is 2. The number of nitrogens with one attached hydrogen (secondary N) is 1. The highest BCUT2D eigenvalue weighted by atomic mass is 16.4. The van der Waals surface area contributed by atoms with Crippen LogP contribution in [-0.2, 0) is 0 Å². The van der Waals surface area contributed by atoms with Gasteiger partial charge in [0.2, 0.25) is 0 Å². The predicted octanol–water partition coefficient (Wildman–Crippen LogP) is 2.44. The first-order valence-corrected chi connectivity index (χ1v) is 5.05. The molecule has 2 N–H and O–H groups in total. The fraction of sp³-hybridized carbons (Fsp3) is 0.333. The number of aromatic carboxylic acids is 1. The highest BCUT2D eigenvalue weighted by molar-refractivity contribution is 5.88. The Hall–Kier alpha value is -2.02. The third-order valence-corrected chi connectivity index (χ3v) is 2.72. The highest BCUT2D eigenvalue weighted by Crippen LogP contribution is 2.31. The van der Waals surface area contributed by atoms with Gasteiger partial charge in [0, 0.05) is 18.8 Å². The van der Waals surface area contributed by atoms with E-state index in [9.17, 15) is 4.79 Å². The Labute approximate surface area is 94.5 Å². The Bertz CT molecular complexity index is 413. The number of rotatable bonds is 1. The summed E-state index contributed by atoms with van der Waals surface area (Å²) in [4.78, 5) is 10.8. The molecule has 0 fully saturated rings. The van der Waals surface area contributed by atoms with Crippen molar-refractivity contribution in [3.05, 3.63) is 29.3 Å². The van der Waals surface area contributed by atoms with Crippen molar-refractivity contribution in [2.45, 2.75) is 19.3 Å². The van der Waals surface area contributed by atoms with Crippen molar-refractivity contribution in [2.24, 2.45) is 0 Å². The van der Waals surface area contributed by atoms with Gasteiger partial charge >= 0.3 is 5.97 Å². The fourth-order valence-corrected chi connectivity index (χ4v) is 1.84. The van der Waals surface area contributed by atoms with Gasteiger partial charge in [-0.05, 0) is 36.1 Å². The van der Waals surface area contributed by atoms with E-state index in [0.717, 1.165) is 24.2 Å². The van der Waals surface area contributed by atoms with Crippen LogP contribution < -0.4 is 5.32 Å². The zero-order chi connectivity index (χ0) is 12.1. The molecule has 2 rings (SSSR count). The lowest BCUT2D eigenvalue weighted by Gasteiger charge is -2.23. The number of fused-ring (bicyclic) bond motifs is 1. The van der Waals surface area contributed by atoms with Crippen LogP contribution in [0.15, 0.2) is 18.2 Å². The van der Waals surface area contributed by atoms with Gasteiger partial charge in [0.1, 0.15) is 0 Å². The summed E-state index contributed by atoms with van der Waals surface area (Å²) in [6, 6.07) is 5.27. The Morgan fingerprint density at radius 1 is 1.56 bits per heavy atom. The van der Waals surface area contributed by atoms with E-state index in [4.69, 9.17) is 10.4 Å². The molecule has 1 unspecified atom stereocenters. The van der Waals surface area contributed by atoms with Crippen LogP contribution >= 0.6 is 0 Å². The number of carboxylic acid groups (broad SMARTS) is 1. The first-order valence-electron chi connectivity index (χ1n) is 5.05. The van der Waals surface area contributed by atoms with E-state index in [1.165, 1.54) is 0 Å². The van der Waals surface area contributed by atoms with Gasteiger partial charge in [-0.1, -0.05) is 6.92 Å². The number of nitriles is 1. The molecule has 4 heteroatoms. The van der Waals surface area contributed by atoms with E-state index in [2.05, 4.69) is 18.8 Å². The Morgan fingerprint density at radius 3 is 2.88 bits per heavy atom. The van der Waals surface area contributed by atoms with Gasteiger partial charge in [0.15, 0.2) is 0 Å². The molecule has 0 radical (unpaired) electrons. The van der Waals surface area contributed by atoms with E-state index in [1.807, 2.05) is 6.07 Å². The molecule has 0 saturated carbocycles. The summed E-state index contributed by atoms with van der Waals surface area (Å²) in [5, 5.41) is 18.6. The van der Waals surface area contributed by atoms with E-state index in [0.29, 0.717) is 11.5 Å². The summed E-state index contributed by atoms with van der Waals surface area (Å²) in [6.45, 7) is 6.60. The second-order valence-corrected chi connectivity index (χ2v) is 3.72. The molecule has 0 aromatic heterocycles. The van der Waals surface area contributed by atoms with Crippen molar-refractivity contribution in [1.82, 2.24) is 0 Å². The van der Waals surface area contributed by atoms with Gasteiger partial charge < -0.3 is 10.4 Å². The first-order chi connectivity index (χ1) is 7.68. The summed E-state index contributed by atoms with van der Waals surface area (Å²) in [7, 11) is 0. The van der Waals surface area contributed by atoms with Crippen molar-refractivity contribution in [3.63, 3.8) is 0 Å². The molecule has 1 aliphatic heterocycles. The van der Waals surface area contributed by atoms with E-state index >= 15 is 0 Å². The van der Waals surface area contributed by atoms with Crippen molar-refractivity contribution >= 4 is 11.7 Å². The second-order valence-electron chi connectivity index (χ2n) is 3.72. The van der Waals surface area contributed by atoms with E-state index < -0.39 is 5.97 Å². The number of nitrogens with zero attached hydrogens (tertiary/aromatic N) is 1. The maximum atomic E-state index is 10.8. The standard InChI is InChI=1S/C11H13NO2.CHN/c1-7-4-5-12-10-3-2-8(11(13)14)6-9(7)10;1-2/h2-3,6-7,12H,4-5H2,1H3,(H,13,14);1H. The lowest BCUT2D eigenvalue weighted by Crippen LogP contribution is -2.15. The molecule has 0 saturated heterocycles. The lowest BCUT2D eigenvalue weighted by atomic mass is 9.91. The molecule has 16 heavy (non-hydrogen) atoms. The minimum absolute atomic E-state index is 0.374. The summed E-state index contributed by atoms with van der Waals surface area (Å²) < 4.78 is 0. The highest BCUT2D eigenvalue weighted by Gasteiger charge is 2.17. The Balaban J connectivity index is 0.000000606. The number of benzene rings is 1. The topological polar surface area (TPSA) is 73.1 Å². The van der Waals surface area contributed by atoms with Crippen molar-refractivity contribution in [1.29, 1.82) is 5.26 Å².